The molecule has 0 spiro atoms. The molecule has 9 heteroatoms. The number of carbonyl (C=O) groups excluding carboxylic acids is 1. The lowest BCUT2D eigenvalue weighted by atomic mass is 10.1. The monoisotopic (exact) mass is 509 g/mol. The molecule has 0 radical (unpaired) electrons. The summed E-state index contributed by atoms with van der Waals surface area (Å²) < 4.78 is 1.17. The first-order valence-electron chi connectivity index (χ1n) is 12.3. The van der Waals surface area contributed by atoms with Gasteiger partial charge in [-0.15, -0.1) is 0 Å². The van der Waals surface area contributed by atoms with Gasteiger partial charge in [0.05, 0.1) is 51.0 Å². The van der Waals surface area contributed by atoms with Gasteiger partial charge >= 0.3 is 0 Å². The van der Waals surface area contributed by atoms with Gasteiger partial charge in [0.15, 0.2) is 0 Å². The number of hydroxylamine groups is 3. The topological polar surface area (TPSA) is 91.1 Å². The molecular formula is C27H32ClN5O3. The van der Waals surface area contributed by atoms with Crippen LogP contribution in [0.4, 0.5) is 0 Å². The summed E-state index contributed by atoms with van der Waals surface area (Å²) in [5.41, 5.74) is 2.88. The van der Waals surface area contributed by atoms with Crippen molar-refractivity contribution in [3.8, 4) is 0 Å². The van der Waals surface area contributed by atoms with E-state index in [-0.39, 0.29) is 24.6 Å². The molecule has 0 N–H and O–H groups in total. The van der Waals surface area contributed by atoms with Crippen LogP contribution in [0.15, 0.2) is 53.5 Å². The fourth-order valence-electron chi connectivity index (χ4n) is 4.68. The second-order valence-corrected chi connectivity index (χ2v) is 10.1. The Morgan fingerprint density at radius 3 is 2.58 bits per heavy atom. The van der Waals surface area contributed by atoms with Crippen molar-refractivity contribution in [2.45, 2.75) is 45.2 Å². The molecule has 1 amide bonds. The summed E-state index contributed by atoms with van der Waals surface area (Å²) in [7, 11) is 3.10. The predicted octanol–water partition coefficient (Wildman–Crippen LogP) is 4.00. The molecule has 0 fully saturated rings. The number of benzene rings is 1. The van der Waals surface area contributed by atoms with Gasteiger partial charge in [0.2, 0.25) is 0 Å². The molecule has 1 unspecified atom stereocenters. The second-order valence-electron chi connectivity index (χ2n) is 9.72. The summed E-state index contributed by atoms with van der Waals surface area (Å²) in [6, 6.07) is 12.5. The first kappa shape index (κ1) is 26.0. The average Bonchev–Trinajstić information content (AvgIpc) is 3.33. The maximum Gasteiger partial charge on any atom is 0.257 e. The number of hydrogen-bond donors (Lipinski definition) is 0. The van der Waals surface area contributed by atoms with Gasteiger partial charge in [-0.25, -0.2) is 9.97 Å². The third kappa shape index (κ3) is 5.83. The zero-order chi connectivity index (χ0) is 25.9. The SMILES string of the molecule is CCC(c1nc2c(c(=O)n1Cc1ccccc1)CCC2)N(CC[N+](C)(C)[O-])C(=O)c1ccc(Cl)nc1. The highest BCUT2D eigenvalue weighted by atomic mass is 35.5. The maximum absolute atomic E-state index is 13.8. The molecule has 1 aliphatic rings. The van der Waals surface area contributed by atoms with Gasteiger partial charge < -0.3 is 14.8 Å². The third-order valence-corrected chi connectivity index (χ3v) is 6.80. The van der Waals surface area contributed by atoms with E-state index in [1.54, 1.807) is 35.7 Å². The molecule has 36 heavy (non-hydrogen) atoms. The molecule has 2 heterocycles. The second kappa shape index (κ2) is 10.9. The molecule has 190 valence electrons. The Morgan fingerprint density at radius 2 is 1.94 bits per heavy atom. The summed E-state index contributed by atoms with van der Waals surface area (Å²) in [6.07, 6.45) is 4.32. The highest BCUT2D eigenvalue weighted by Gasteiger charge is 2.32. The van der Waals surface area contributed by atoms with E-state index < -0.39 is 10.7 Å². The molecule has 8 nitrogen and oxygen atoms in total. The molecule has 1 aromatic carbocycles. The van der Waals surface area contributed by atoms with E-state index in [2.05, 4.69) is 4.98 Å². The van der Waals surface area contributed by atoms with Gasteiger partial charge in [-0.1, -0.05) is 48.9 Å². The number of likely N-dealkylation sites (N-methyl/N-ethyl adjacent to an activating group) is 1. The molecule has 4 rings (SSSR count). The Kier molecular flexibility index (Phi) is 7.88. The molecule has 0 aliphatic heterocycles. The molecule has 0 saturated carbocycles. The molecule has 2 aromatic heterocycles. The van der Waals surface area contributed by atoms with Crippen molar-refractivity contribution in [3.63, 3.8) is 0 Å². The van der Waals surface area contributed by atoms with Crippen LogP contribution in [0.3, 0.4) is 0 Å². The number of amides is 1. The molecular weight excluding hydrogens is 478 g/mol. The molecule has 0 bridgehead atoms. The number of aryl methyl sites for hydroxylation is 1. The van der Waals surface area contributed by atoms with Gasteiger partial charge in [-0.3, -0.25) is 14.2 Å². The zero-order valence-corrected chi connectivity index (χ0v) is 21.7. The van der Waals surface area contributed by atoms with E-state index in [4.69, 9.17) is 16.6 Å². The quantitative estimate of drug-likeness (QED) is 0.247. The summed E-state index contributed by atoms with van der Waals surface area (Å²) in [5, 5.41) is 12.8. The number of nitrogens with zero attached hydrogens (tertiary/aromatic N) is 5. The van der Waals surface area contributed by atoms with Gasteiger partial charge in [0.25, 0.3) is 11.5 Å². The van der Waals surface area contributed by atoms with Crippen molar-refractivity contribution in [2.75, 3.05) is 27.2 Å². The lowest BCUT2D eigenvalue weighted by molar-refractivity contribution is -0.839. The van der Waals surface area contributed by atoms with Crippen LogP contribution >= 0.6 is 11.6 Å². The van der Waals surface area contributed by atoms with Gasteiger partial charge in [0, 0.05) is 11.8 Å². The summed E-state index contributed by atoms with van der Waals surface area (Å²) in [4.78, 5) is 38.1. The van der Waals surface area contributed by atoms with Crippen LogP contribution in [0, 0.1) is 5.21 Å². The summed E-state index contributed by atoms with van der Waals surface area (Å²) >= 11 is 5.94. The number of pyridine rings is 1. The van der Waals surface area contributed by atoms with E-state index in [9.17, 15) is 14.8 Å². The maximum atomic E-state index is 13.8. The van der Waals surface area contributed by atoms with Crippen molar-refractivity contribution >= 4 is 17.5 Å². The Labute approximate surface area is 216 Å². The number of fused-ring (bicyclic) bond motifs is 1. The minimum Gasteiger partial charge on any atom is -0.633 e. The Bertz CT molecular complexity index is 1270. The highest BCUT2D eigenvalue weighted by molar-refractivity contribution is 6.29. The van der Waals surface area contributed by atoms with Crippen molar-refractivity contribution in [1.29, 1.82) is 0 Å². The molecule has 3 aromatic rings. The standard InChI is InChI=1S/C27H32ClN5O3/c1-4-23(31(15-16-33(2,3)36)26(34)20-13-14-24(28)29-17-20)25-30-22-12-8-11-21(22)27(35)32(25)18-19-9-6-5-7-10-19/h5-7,9-10,13-14,17,23H,4,8,11-12,15-16,18H2,1-3H3. The zero-order valence-electron chi connectivity index (χ0n) is 21.0. The minimum absolute atomic E-state index is 0.0460. The van der Waals surface area contributed by atoms with Gasteiger partial charge in [0.1, 0.15) is 11.0 Å². The predicted molar refractivity (Wildman–Crippen MR) is 140 cm³/mol. The highest BCUT2D eigenvalue weighted by Crippen LogP contribution is 2.28. The van der Waals surface area contributed by atoms with Crippen molar-refractivity contribution in [1.82, 2.24) is 19.4 Å². The first-order valence-corrected chi connectivity index (χ1v) is 12.7. The van der Waals surface area contributed by atoms with E-state index in [1.165, 1.54) is 6.20 Å². The fourth-order valence-corrected chi connectivity index (χ4v) is 4.79. The first-order chi connectivity index (χ1) is 17.2. The average molecular weight is 510 g/mol. The van der Waals surface area contributed by atoms with Crippen LogP contribution in [0.1, 0.15) is 58.8 Å². The van der Waals surface area contributed by atoms with Crippen molar-refractivity contribution in [2.24, 2.45) is 0 Å². The lowest BCUT2D eigenvalue weighted by Crippen LogP contribution is -2.46. The number of rotatable bonds is 9. The van der Waals surface area contributed by atoms with Crippen LogP contribution < -0.4 is 5.56 Å². The van der Waals surface area contributed by atoms with Gasteiger partial charge in [-0.05, 0) is 43.4 Å². The van der Waals surface area contributed by atoms with Crippen LogP contribution in [0.5, 0.6) is 0 Å². The lowest BCUT2D eigenvalue weighted by Gasteiger charge is -2.38. The van der Waals surface area contributed by atoms with Crippen LogP contribution in [-0.2, 0) is 19.4 Å². The number of quaternary nitrogens is 1. The summed E-state index contributed by atoms with van der Waals surface area (Å²) in [5.74, 6) is 0.277. The van der Waals surface area contributed by atoms with E-state index in [0.29, 0.717) is 35.9 Å². The van der Waals surface area contributed by atoms with Crippen LogP contribution in [-0.4, -0.2) is 57.2 Å². The van der Waals surface area contributed by atoms with Crippen molar-refractivity contribution < 1.29 is 9.44 Å². The fraction of sp³-hybridized carbons (Fsp3) is 0.407. The smallest absolute Gasteiger partial charge is 0.257 e. The Morgan fingerprint density at radius 1 is 1.19 bits per heavy atom. The Hall–Kier alpha value is -3.07. The van der Waals surface area contributed by atoms with Crippen molar-refractivity contribution in [3.05, 3.63) is 97.6 Å². The summed E-state index contributed by atoms with van der Waals surface area (Å²) in [6.45, 7) is 2.72. The number of aromatic nitrogens is 3. The van der Waals surface area contributed by atoms with E-state index in [0.717, 1.165) is 29.7 Å². The van der Waals surface area contributed by atoms with Gasteiger partial charge in [-0.2, -0.15) is 0 Å². The number of carbonyl (C=O) groups is 1. The molecule has 1 aliphatic carbocycles. The van der Waals surface area contributed by atoms with E-state index >= 15 is 0 Å². The number of hydrogen-bond acceptors (Lipinski definition) is 5. The Balaban J connectivity index is 1.82. The third-order valence-electron chi connectivity index (χ3n) is 6.58. The molecule has 1 atom stereocenters. The largest absolute Gasteiger partial charge is 0.633 e. The molecule has 0 saturated heterocycles. The number of halogens is 1. The van der Waals surface area contributed by atoms with Crippen LogP contribution in [0.2, 0.25) is 5.15 Å². The minimum atomic E-state index is -0.548. The normalized spacial score (nSPS) is 13.9. The van der Waals surface area contributed by atoms with E-state index in [1.807, 2.05) is 37.3 Å². The van der Waals surface area contributed by atoms with Crippen LogP contribution in [0.25, 0.3) is 0 Å².